The molecule has 0 saturated heterocycles. The topological polar surface area (TPSA) is 129 Å². The summed E-state index contributed by atoms with van der Waals surface area (Å²) in [5, 5.41) is 2.52. The molecule has 4 rings (SSSR count). The fourth-order valence-electron chi connectivity index (χ4n) is 3.23. The second kappa shape index (κ2) is 10.3. The van der Waals surface area contributed by atoms with E-state index < -0.39 is 22.1 Å². The average Bonchev–Trinajstić information content (AvgIpc) is 2.84. The van der Waals surface area contributed by atoms with Crippen LogP contribution in [0, 0.1) is 0 Å². The maximum absolute atomic E-state index is 13.0. The molecule has 1 aliphatic rings. The van der Waals surface area contributed by atoms with E-state index in [-0.39, 0.29) is 28.5 Å². The molecule has 0 saturated carbocycles. The Hall–Kier alpha value is -4.25. The molecule has 35 heavy (non-hydrogen) atoms. The zero-order valence-electron chi connectivity index (χ0n) is 18.6. The molecule has 0 atom stereocenters. The van der Waals surface area contributed by atoms with E-state index in [1.165, 1.54) is 42.5 Å². The minimum Gasteiger partial charge on any atom is -0.486 e. The van der Waals surface area contributed by atoms with Gasteiger partial charge in [0.15, 0.2) is 11.5 Å². The van der Waals surface area contributed by atoms with E-state index in [1.54, 1.807) is 31.2 Å². The number of benzene rings is 3. The fourth-order valence-corrected chi connectivity index (χ4v) is 4.32. The van der Waals surface area contributed by atoms with Crippen molar-refractivity contribution in [2.45, 2.75) is 11.8 Å². The SMILES string of the molecule is CCOC(=O)Nc1cccc(OC(=O)c2ccccc2NS(=O)(=O)c2ccc3c(c2)OCCO3)c1. The van der Waals surface area contributed by atoms with Crippen molar-refractivity contribution in [3.8, 4) is 17.2 Å². The van der Waals surface area contributed by atoms with Gasteiger partial charge in [0.2, 0.25) is 0 Å². The van der Waals surface area contributed by atoms with Gasteiger partial charge >= 0.3 is 12.1 Å². The Labute approximate surface area is 201 Å². The maximum atomic E-state index is 13.0. The summed E-state index contributed by atoms with van der Waals surface area (Å²) in [7, 11) is -4.06. The first kappa shape index (κ1) is 23.9. The fraction of sp³-hybridized carbons (Fsp3) is 0.167. The molecule has 0 unspecified atom stereocenters. The quantitative estimate of drug-likeness (QED) is 0.369. The highest BCUT2D eigenvalue weighted by Crippen LogP contribution is 2.33. The minimum absolute atomic E-state index is 0.00243. The Morgan fingerprint density at radius 3 is 2.51 bits per heavy atom. The van der Waals surface area contributed by atoms with Crippen LogP contribution in [0.2, 0.25) is 0 Å². The molecule has 0 radical (unpaired) electrons. The highest BCUT2D eigenvalue weighted by atomic mass is 32.2. The van der Waals surface area contributed by atoms with Crippen LogP contribution >= 0.6 is 0 Å². The lowest BCUT2D eigenvalue weighted by molar-refractivity contribution is 0.0736. The predicted octanol–water partition coefficient (Wildman–Crippen LogP) is 4.05. The monoisotopic (exact) mass is 498 g/mol. The van der Waals surface area contributed by atoms with Crippen molar-refractivity contribution < 1.29 is 37.0 Å². The van der Waals surface area contributed by atoms with Crippen LogP contribution in [0.15, 0.2) is 71.6 Å². The van der Waals surface area contributed by atoms with E-state index in [0.29, 0.717) is 30.4 Å². The van der Waals surface area contributed by atoms with Crippen LogP contribution in [-0.4, -0.2) is 40.3 Å². The number of amides is 1. The lowest BCUT2D eigenvalue weighted by Gasteiger charge is -2.19. The van der Waals surface area contributed by atoms with Crippen LogP contribution in [0.3, 0.4) is 0 Å². The van der Waals surface area contributed by atoms with Gasteiger partial charge in [0, 0.05) is 17.8 Å². The second-order valence-electron chi connectivity index (χ2n) is 7.22. The van der Waals surface area contributed by atoms with Crippen LogP contribution < -0.4 is 24.2 Å². The molecule has 2 N–H and O–H groups in total. The van der Waals surface area contributed by atoms with Crippen LogP contribution in [0.5, 0.6) is 17.2 Å². The number of para-hydroxylation sites is 1. The van der Waals surface area contributed by atoms with Crippen LogP contribution in [0.25, 0.3) is 0 Å². The highest BCUT2D eigenvalue weighted by molar-refractivity contribution is 7.92. The van der Waals surface area contributed by atoms with Crippen molar-refractivity contribution in [1.82, 2.24) is 0 Å². The lowest BCUT2D eigenvalue weighted by atomic mass is 10.2. The largest absolute Gasteiger partial charge is 0.486 e. The van der Waals surface area contributed by atoms with Crippen molar-refractivity contribution in [2.24, 2.45) is 0 Å². The van der Waals surface area contributed by atoms with Crippen molar-refractivity contribution in [3.63, 3.8) is 0 Å². The first-order chi connectivity index (χ1) is 16.9. The molecular formula is C24H22N2O8S. The third-order valence-corrected chi connectivity index (χ3v) is 6.14. The van der Waals surface area contributed by atoms with E-state index in [2.05, 4.69) is 10.0 Å². The van der Waals surface area contributed by atoms with Gasteiger partial charge in [-0.1, -0.05) is 18.2 Å². The third kappa shape index (κ3) is 5.82. The summed E-state index contributed by atoms with van der Waals surface area (Å²) in [5.74, 6) is 0.134. The summed E-state index contributed by atoms with van der Waals surface area (Å²) in [6.07, 6.45) is -0.644. The Morgan fingerprint density at radius 1 is 0.943 bits per heavy atom. The maximum Gasteiger partial charge on any atom is 0.411 e. The molecule has 11 heteroatoms. The van der Waals surface area contributed by atoms with Gasteiger partial charge in [-0.25, -0.2) is 18.0 Å². The zero-order chi connectivity index (χ0) is 24.8. The molecule has 0 bridgehead atoms. The van der Waals surface area contributed by atoms with Crippen molar-refractivity contribution in [1.29, 1.82) is 0 Å². The van der Waals surface area contributed by atoms with E-state index in [9.17, 15) is 18.0 Å². The van der Waals surface area contributed by atoms with E-state index in [0.717, 1.165) is 0 Å². The third-order valence-electron chi connectivity index (χ3n) is 4.78. The van der Waals surface area contributed by atoms with E-state index in [1.807, 2.05) is 0 Å². The van der Waals surface area contributed by atoms with Crippen LogP contribution in [0.1, 0.15) is 17.3 Å². The number of fused-ring (bicyclic) bond motifs is 1. The van der Waals surface area contributed by atoms with Gasteiger partial charge in [0.25, 0.3) is 10.0 Å². The molecular weight excluding hydrogens is 476 g/mol. The first-order valence-corrected chi connectivity index (χ1v) is 12.1. The van der Waals surface area contributed by atoms with E-state index in [4.69, 9.17) is 18.9 Å². The summed E-state index contributed by atoms with van der Waals surface area (Å²) in [4.78, 5) is 24.4. The van der Waals surface area contributed by atoms with Gasteiger partial charge in [-0.3, -0.25) is 10.0 Å². The summed E-state index contributed by atoms with van der Waals surface area (Å²) in [6.45, 7) is 2.58. The molecule has 1 amide bonds. The number of esters is 1. The molecule has 0 fully saturated rings. The number of carbonyl (C=O) groups is 2. The number of hydrogen-bond acceptors (Lipinski definition) is 8. The van der Waals surface area contributed by atoms with Gasteiger partial charge < -0.3 is 18.9 Å². The number of carbonyl (C=O) groups excluding carboxylic acids is 2. The minimum atomic E-state index is -4.06. The average molecular weight is 499 g/mol. The molecule has 3 aromatic carbocycles. The predicted molar refractivity (Wildman–Crippen MR) is 127 cm³/mol. The number of ether oxygens (including phenoxy) is 4. The summed E-state index contributed by atoms with van der Waals surface area (Å²) in [5.41, 5.74) is 0.395. The number of rotatable bonds is 7. The Kier molecular flexibility index (Phi) is 7.06. The molecule has 1 heterocycles. The normalized spacial score (nSPS) is 12.4. The van der Waals surface area contributed by atoms with Gasteiger partial charge in [-0.2, -0.15) is 0 Å². The van der Waals surface area contributed by atoms with Gasteiger partial charge in [-0.05, 0) is 43.3 Å². The zero-order valence-corrected chi connectivity index (χ0v) is 19.5. The smallest absolute Gasteiger partial charge is 0.411 e. The van der Waals surface area contributed by atoms with Gasteiger partial charge in [0.1, 0.15) is 19.0 Å². The standard InChI is InChI=1S/C24H22N2O8S/c1-2-31-24(28)25-16-6-5-7-17(14-16)34-23(27)19-8-3-4-9-20(19)26-35(29,30)18-10-11-21-22(15-18)33-13-12-32-21/h3-11,14-15,26H,2,12-13H2,1H3,(H,25,28). The molecule has 10 nitrogen and oxygen atoms in total. The second-order valence-corrected chi connectivity index (χ2v) is 8.90. The van der Waals surface area contributed by atoms with Crippen LogP contribution in [0.4, 0.5) is 16.2 Å². The van der Waals surface area contributed by atoms with Gasteiger partial charge in [-0.15, -0.1) is 0 Å². The summed E-state index contributed by atoms with van der Waals surface area (Å²) < 4.78 is 49.6. The Balaban J connectivity index is 1.52. The van der Waals surface area contributed by atoms with E-state index >= 15 is 0 Å². The van der Waals surface area contributed by atoms with Crippen molar-refractivity contribution in [2.75, 3.05) is 29.9 Å². The molecule has 0 aromatic heterocycles. The summed E-state index contributed by atoms with van der Waals surface area (Å²) >= 11 is 0. The molecule has 0 aliphatic carbocycles. The van der Waals surface area contributed by atoms with Crippen molar-refractivity contribution in [3.05, 3.63) is 72.3 Å². The molecule has 1 aliphatic heterocycles. The van der Waals surface area contributed by atoms with Crippen molar-refractivity contribution >= 4 is 33.5 Å². The Morgan fingerprint density at radius 2 is 1.71 bits per heavy atom. The molecule has 0 spiro atoms. The van der Waals surface area contributed by atoms with Crippen LogP contribution in [-0.2, 0) is 14.8 Å². The number of nitrogens with one attached hydrogen (secondary N) is 2. The first-order valence-electron chi connectivity index (χ1n) is 10.6. The molecule has 182 valence electrons. The summed E-state index contributed by atoms with van der Waals surface area (Å²) in [6, 6.07) is 16.5. The number of hydrogen-bond donors (Lipinski definition) is 2. The number of anilines is 2. The highest BCUT2D eigenvalue weighted by Gasteiger charge is 2.22. The Bertz CT molecular complexity index is 1360. The molecule has 3 aromatic rings. The van der Waals surface area contributed by atoms with Gasteiger partial charge in [0.05, 0.1) is 22.8 Å². The lowest BCUT2D eigenvalue weighted by Crippen LogP contribution is -2.19. The number of sulfonamides is 1.